The molecular weight excluding hydrogens is 351 g/mol. The lowest BCUT2D eigenvalue weighted by Crippen LogP contribution is -2.49. The van der Waals surface area contributed by atoms with E-state index >= 15 is 0 Å². The number of carbonyl (C=O) groups is 1. The molecule has 7 heteroatoms. The van der Waals surface area contributed by atoms with Gasteiger partial charge in [-0.1, -0.05) is 12.1 Å². The quantitative estimate of drug-likeness (QED) is 0.806. The second-order valence-corrected chi connectivity index (χ2v) is 6.14. The fourth-order valence-electron chi connectivity index (χ4n) is 3.22. The van der Waals surface area contributed by atoms with Gasteiger partial charge in [-0.25, -0.2) is 4.39 Å². The summed E-state index contributed by atoms with van der Waals surface area (Å²) in [7, 11) is 4.71. The largest absolute Gasteiger partial charge is 0.493 e. The molecule has 0 atom stereocenters. The van der Waals surface area contributed by atoms with Crippen LogP contribution < -0.4 is 19.1 Å². The van der Waals surface area contributed by atoms with Gasteiger partial charge in [0.15, 0.2) is 11.5 Å². The van der Waals surface area contributed by atoms with E-state index in [9.17, 15) is 9.18 Å². The Morgan fingerprint density at radius 3 is 2.04 bits per heavy atom. The van der Waals surface area contributed by atoms with E-state index in [4.69, 9.17) is 14.2 Å². The van der Waals surface area contributed by atoms with Crippen molar-refractivity contribution in [2.24, 2.45) is 0 Å². The van der Waals surface area contributed by atoms with E-state index in [1.807, 2.05) is 12.1 Å². The van der Waals surface area contributed by atoms with Crippen LogP contribution in [0.1, 0.15) is 10.4 Å². The Balaban J connectivity index is 1.74. The average molecular weight is 374 g/mol. The van der Waals surface area contributed by atoms with Gasteiger partial charge in [-0.3, -0.25) is 4.79 Å². The molecule has 1 amide bonds. The number of nitrogens with zero attached hydrogens (tertiary/aromatic N) is 2. The molecule has 1 heterocycles. The SMILES string of the molecule is COc1cc(N2CCN(C(=O)c3ccccc3F)CC2)cc(OC)c1OC. The highest BCUT2D eigenvalue weighted by Gasteiger charge is 2.25. The van der Waals surface area contributed by atoms with Crippen molar-refractivity contribution in [1.82, 2.24) is 4.90 Å². The Bertz CT molecular complexity index is 794. The minimum absolute atomic E-state index is 0.110. The van der Waals surface area contributed by atoms with Gasteiger partial charge in [0.25, 0.3) is 5.91 Å². The number of anilines is 1. The maximum absolute atomic E-state index is 13.9. The van der Waals surface area contributed by atoms with Crippen molar-refractivity contribution in [3.8, 4) is 17.2 Å². The second-order valence-electron chi connectivity index (χ2n) is 6.14. The fourth-order valence-corrected chi connectivity index (χ4v) is 3.22. The lowest BCUT2D eigenvalue weighted by Gasteiger charge is -2.36. The summed E-state index contributed by atoms with van der Waals surface area (Å²) in [6.45, 7) is 2.26. The first-order valence-corrected chi connectivity index (χ1v) is 8.67. The third-order valence-electron chi connectivity index (χ3n) is 4.69. The van der Waals surface area contributed by atoms with Crippen LogP contribution in [0.3, 0.4) is 0 Å². The van der Waals surface area contributed by atoms with Gasteiger partial charge in [0.1, 0.15) is 5.82 Å². The molecule has 0 N–H and O–H groups in total. The standard InChI is InChI=1S/C20H23FN2O4/c1-25-17-12-14(13-18(26-2)19(17)27-3)22-8-10-23(11-9-22)20(24)15-6-4-5-7-16(15)21/h4-7,12-13H,8-11H2,1-3H3. The molecular formula is C20H23FN2O4. The molecule has 0 aromatic heterocycles. The normalized spacial score (nSPS) is 14.1. The smallest absolute Gasteiger partial charge is 0.256 e. The second kappa shape index (κ2) is 8.16. The summed E-state index contributed by atoms with van der Waals surface area (Å²) in [6.07, 6.45) is 0. The highest BCUT2D eigenvalue weighted by molar-refractivity contribution is 5.94. The van der Waals surface area contributed by atoms with E-state index < -0.39 is 5.82 Å². The third kappa shape index (κ3) is 3.77. The van der Waals surface area contributed by atoms with Gasteiger partial charge in [-0.05, 0) is 12.1 Å². The lowest BCUT2D eigenvalue weighted by molar-refractivity contribution is 0.0742. The first-order chi connectivity index (χ1) is 13.1. The Hall–Kier alpha value is -2.96. The molecule has 27 heavy (non-hydrogen) atoms. The van der Waals surface area contributed by atoms with Crippen molar-refractivity contribution in [3.63, 3.8) is 0 Å². The Morgan fingerprint density at radius 1 is 0.926 bits per heavy atom. The molecule has 0 spiro atoms. The number of rotatable bonds is 5. The molecule has 2 aromatic carbocycles. The lowest BCUT2D eigenvalue weighted by atomic mass is 10.1. The number of amides is 1. The monoisotopic (exact) mass is 374 g/mol. The van der Waals surface area contributed by atoms with E-state index in [-0.39, 0.29) is 11.5 Å². The maximum atomic E-state index is 13.9. The van der Waals surface area contributed by atoms with Crippen LogP contribution in [0.4, 0.5) is 10.1 Å². The summed E-state index contributed by atoms with van der Waals surface area (Å²) in [6, 6.07) is 9.84. The van der Waals surface area contributed by atoms with Gasteiger partial charge in [-0.2, -0.15) is 0 Å². The van der Waals surface area contributed by atoms with Crippen molar-refractivity contribution in [2.45, 2.75) is 0 Å². The fraction of sp³-hybridized carbons (Fsp3) is 0.350. The predicted molar refractivity (Wildman–Crippen MR) is 101 cm³/mol. The van der Waals surface area contributed by atoms with Crippen LogP contribution in [-0.2, 0) is 0 Å². The van der Waals surface area contributed by atoms with Gasteiger partial charge in [-0.15, -0.1) is 0 Å². The molecule has 6 nitrogen and oxygen atoms in total. The number of carbonyl (C=O) groups excluding carboxylic acids is 1. The third-order valence-corrected chi connectivity index (χ3v) is 4.69. The molecule has 0 saturated carbocycles. The number of benzene rings is 2. The van der Waals surface area contributed by atoms with Gasteiger partial charge < -0.3 is 24.0 Å². The van der Waals surface area contributed by atoms with Crippen molar-refractivity contribution >= 4 is 11.6 Å². The van der Waals surface area contributed by atoms with Gasteiger partial charge >= 0.3 is 0 Å². The number of methoxy groups -OCH3 is 3. The molecule has 144 valence electrons. The zero-order valence-corrected chi connectivity index (χ0v) is 15.7. The van der Waals surface area contributed by atoms with Crippen molar-refractivity contribution in [3.05, 3.63) is 47.8 Å². The zero-order valence-electron chi connectivity index (χ0n) is 15.7. The van der Waals surface area contributed by atoms with E-state index in [1.165, 1.54) is 12.1 Å². The van der Waals surface area contributed by atoms with Crippen molar-refractivity contribution < 1.29 is 23.4 Å². The summed E-state index contributed by atoms with van der Waals surface area (Å²) in [4.78, 5) is 16.4. The predicted octanol–water partition coefficient (Wildman–Crippen LogP) is 2.81. The molecule has 1 saturated heterocycles. The highest BCUT2D eigenvalue weighted by atomic mass is 19.1. The van der Waals surface area contributed by atoms with Crippen LogP contribution in [0, 0.1) is 5.82 Å². The summed E-state index contributed by atoms with van der Waals surface area (Å²) < 4.78 is 30.0. The van der Waals surface area contributed by atoms with Crippen LogP contribution in [0.5, 0.6) is 17.2 Å². The molecule has 1 aliphatic rings. The van der Waals surface area contributed by atoms with Crippen molar-refractivity contribution in [2.75, 3.05) is 52.4 Å². The van der Waals surface area contributed by atoms with E-state index in [0.717, 1.165) is 5.69 Å². The van der Waals surface area contributed by atoms with Gasteiger partial charge in [0.05, 0.1) is 26.9 Å². The van der Waals surface area contributed by atoms with Crippen LogP contribution in [0.2, 0.25) is 0 Å². The zero-order chi connectivity index (χ0) is 19.4. The van der Waals surface area contributed by atoms with Crippen LogP contribution in [0.15, 0.2) is 36.4 Å². The number of ether oxygens (including phenoxy) is 3. The molecule has 0 aliphatic carbocycles. The molecule has 0 radical (unpaired) electrons. The number of hydrogen-bond donors (Lipinski definition) is 0. The maximum Gasteiger partial charge on any atom is 0.256 e. The van der Waals surface area contributed by atoms with E-state index in [1.54, 1.807) is 38.4 Å². The van der Waals surface area contributed by atoms with Crippen molar-refractivity contribution in [1.29, 1.82) is 0 Å². The van der Waals surface area contributed by atoms with Gasteiger partial charge in [0.2, 0.25) is 5.75 Å². The molecule has 3 rings (SSSR count). The van der Waals surface area contributed by atoms with Crippen LogP contribution >= 0.6 is 0 Å². The number of piperazine rings is 1. The molecule has 0 unspecified atom stereocenters. The highest BCUT2D eigenvalue weighted by Crippen LogP contribution is 2.41. The number of hydrogen-bond acceptors (Lipinski definition) is 5. The first kappa shape index (κ1) is 18.8. The minimum Gasteiger partial charge on any atom is -0.493 e. The Labute approximate surface area is 158 Å². The average Bonchev–Trinajstić information content (AvgIpc) is 2.72. The minimum atomic E-state index is -0.491. The van der Waals surface area contributed by atoms with Crippen LogP contribution in [0.25, 0.3) is 0 Å². The molecule has 1 aliphatic heterocycles. The molecule has 2 aromatic rings. The molecule has 1 fully saturated rings. The summed E-state index contributed by atoms with van der Waals surface area (Å²) in [5.41, 5.74) is 1.03. The van der Waals surface area contributed by atoms with E-state index in [2.05, 4.69) is 4.90 Å². The summed E-state index contributed by atoms with van der Waals surface area (Å²) in [5, 5.41) is 0. The molecule has 0 bridgehead atoms. The van der Waals surface area contributed by atoms with Gasteiger partial charge in [0, 0.05) is 44.0 Å². The topological polar surface area (TPSA) is 51.2 Å². The Morgan fingerprint density at radius 2 is 1.52 bits per heavy atom. The van der Waals surface area contributed by atoms with Crippen LogP contribution in [-0.4, -0.2) is 58.3 Å². The van der Waals surface area contributed by atoms with E-state index in [0.29, 0.717) is 43.4 Å². The first-order valence-electron chi connectivity index (χ1n) is 8.67. The summed E-state index contributed by atoms with van der Waals surface area (Å²) >= 11 is 0. The summed E-state index contributed by atoms with van der Waals surface area (Å²) in [5.74, 6) is 0.928. The Kier molecular flexibility index (Phi) is 5.69. The number of halogens is 1.